The first-order chi connectivity index (χ1) is 6.93. The Morgan fingerprint density at radius 1 is 1.33 bits per heavy atom. The second kappa shape index (κ2) is 4.71. The van der Waals surface area contributed by atoms with Crippen molar-refractivity contribution in [2.45, 2.75) is 31.3 Å². The minimum absolute atomic E-state index is 0.176. The number of hydrogen-bond acceptors (Lipinski definition) is 6. The molecule has 15 heavy (non-hydrogen) atoms. The average Bonchev–Trinajstić information content (AvgIpc) is 2.18. The third-order valence-electron chi connectivity index (χ3n) is 2.23. The van der Waals surface area contributed by atoms with E-state index in [1.54, 1.807) is 0 Å². The van der Waals surface area contributed by atoms with E-state index in [-0.39, 0.29) is 12.2 Å². The van der Waals surface area contributed by atoms with E-state index in [4.69, 9.17) is 0 Å². The smallest absolute Gasteiger partial charge is 0.302 e. The first-order valence-electron chi connectivity index (χ1n) is 4.49. The highest BCUT2D eigenvalue weighted by Gasteiger charge is 2.36. The topological polar surface area (TPSA) is 107 Å². The zero-order valence-corrected chi connectivity index (χ0v) is 8.20. The fourth-order valence-electron chi connectivity index (χ4n) is 1.34. The second-order valence-corrected chi connectivity index (χ2v) is 3.44. The van der Waals surface area contributed by atoms with E-state index >= 15 is 0 Å². The van der Waals surface area contributed by atoms with Crippen LogP contribution in [0.1, 0.15) is 6.92 Å². The Morgan fingerprint density at radius 3 is 2.47 bits per heavy atom. The van der Waals surface area contributed by atoms with E-state index in [1.807, 2.05) is 0 Å². The zero-order chi connectivity index (χ0) is 11.6. The predicted molar refractivity (Wildman–Crippen MR) is 48.7 cm³/mol. The van der Waals surface area contributed by atoms with Crippen LogP contribution in [0, 0.1) is 0 Å². The molecule has 4 atom stereocenters. The fraction of sp³-hybridized carbons (Fsp3) is 0.667. The highest BCUT2D eigenvalue weighted by molar-refractivity contribution is 5.66. The van der Waals surface area contributed by atoms with Crippen LogP contribution >= 0.6 is 0 Å². The van der Waals surface area contributed by atoms with Crippen LogP contribution in [0.2, 0.25) is 0 Å². The number of carbonyl (C=O) groups is 1. The SMILES string of the molecule is CC(=O)OCC1=C[C@H](O)[C@H](O)[C@@H](O)[C@@H]1O. The Labute approximate surface area is 86.4 Å². The van der Waals surface area contributed by atoms with E-state index in [2.05, 4.69) is 4.74 Å². The molecular weight excluding hydrogens is 204 g/mol. The first kappa shape index (κ1) is 12.1. The Hall–Kier alpha value is -0.950. The van der Waals surface area contributed by atoms with Gasteiger partial charge in [-0.1, -0.05) is 0 Å². The Bertz CT molecular complexity index is 274. The summed E-state index contributed by atoms with van der Waals surface area (Å²) in [6.07, 6.45) is -4.33. The zero-order valence-electron chi connectivity index (χ0n) is 8.20. The van der Waals surface area contributed by atoms with Gasteiger partial charge in [0.05, 0.1) is 0 Å². The van der Waals surface area contributed by atoms with Crippen LogP contribution in [-0.2, 0) is 9.53 Å². The summed E-state index contributed by atoms with van der Waals surface area (Å²) in [6.45, 7) is 0.995. The molecule has 0 amide bonds. The van der Waals surface area contributed by atoms with Crippen LogP contribution in [0.4, 0.5) is 0 Å². The van der Waals surface area contributed by atoms with Crippen molar-refractivity contribution in [1.29, 1.82) is 0 Å². The molecule has 6 nitrogen and oxygen atoms in total. The molecule has 0 saturated carbocycles. The molecule has 0 saturated heterocycles. The number of hydrogen-bond donors (Lipinski definition) is 4. The van der Waals surface area contributed by atoms with Crippen molar-refractivity contribution in [2.75, 3.05) is 6.61 Å². The van der Waals surface area contributed by atoms with Crippen molar-refractivity contribution in [2.24, 2.45) is 0 Å². The molecule has 1 rings (SSSR count). The monoisotopic (exact) mass is 218 g/mol. The fourth-order valence-corrected chi connectivity index (χ4v) is 1.34. The predicted octanol–water partition coefficient (Wildman–Crippen LogP) is -2.07. The van der Waals surface area contributed by atoms with Gasteiger partial charge in [0.1, 0.15) is 31.0 Å². The van der Waals surface area contributed by atoms with Crippen molar-refractivity contribution in [1.82, 2.24) is 0 Å². The van der Waals surface area contributed by atoms with Gasteiger partial charge in [0.25, 0.3) is 0 Å². The van der Waals surface area contributed by atoms with Crippen molar-refractivity contribution < 1.29 is 30.0 Å². The lowest BCUT2D eigenvalue weighted by molar-refractivity contribution is -0.141. The molecule has 0 aliphatic heterocycles. The van der Waals surface area contributed by atoms with Crippen LogP contribution in [-0.4, -0.2) is 57.4 Å². The molecule has 0 radical (unpaired) electrons. The second-order valence-electron chi connectivity index (χ2n) is 3.44. The third kappa shape index (κ3) is 2.75. The van der Waals surface area contributed by atoms with Gasteiger partial charge in [0.15, 0.2) is 0 Å². The molecule has 0 aromatic heterocycles. The summed E-state index contributed by atoms with van der Waals surface area (Å²) in [5.41, 5.74) is 0.176. The van der Waals surface area contributed by atoms with E-state index in [0.29, 0.717) is 0 Å². The van der Waals surface area contributed by atoms with E-state index in [9.17, 15) is 25.2 Å². The maximum atomic E-state index is 10.5. The van der Waals surface area contributed by atoms with Gasteiger partial charge < -0.3 is 25.2 Å². The molecular formula is C9H14O6. The van der Waals surface area contributed by atoms with Crippen LogP contribution in [0.5, 0.6) is 0 Å². The van der Waals surface area contributed by atoms with Gasteiger partial charge in [-0.05, 0) is 11.6 Å². The lowest BCUT2D eigenvalue weighted by Gasteiger charge is -2.31. The summed E-state index contributed by atoms with van der Waals surface area (Å²) >= 11 is 0. The summed E-state index contributed by atoms with van der Waals surface area (Å²) in [7, 11) is 0. The van der Waals surface area contributed by atoms with E-state index in [0.717, 1.165) is 0 Å². The largest absolute Gasteiger partial charge is 0.461 e. The maximum Gasteiger partial charge on any atom is 0.302 e. The standard InChI is InChI=1S/C9H14O6/c1-4(10)15-3-5-2-6(11)8(13)9(14)7(5)12/h2,6-9,11-14H,3H2,1H3/t6-,7+,8-,9-/m0/s1. The number of carbonyl (C=O) groups excluding carboxylic acids is 1. The van der Waals surface area contributed by atoms with Gasteiger partial charge in [0.2, 0.25) is 0 Å². The lowest BCUT2D eigenvalue weighted by atomic mass is 9.90. The summed E-state index contributed by atoms with van der Waals surface area (Å²) in [6, 6.07) is 0. The number of aliphatic hydroxyl groups is 4. The molecule has 0 heterocycles. The number of esters is 1. The number of aliphatic hydroxyl groups excluding tert-OH is 4. The Morgan fingerprint density at radius 2 is 1.93 bits per heavy atom. The normalized spacial score (nSPS) is 35.9. The molecule has 4 N–H and O–H groups in total. The summed E-state index contributed by atoms with van der Waals surface area (Å²) in [5.74, 6) is -0.529. The molecule has 0 unspecified atom stereocenters. The van der Waals surface area contributed by atoms with Crippen LogP contribution in [0.3, 0.4) is 0 Å². The quantitative estimate of drug-likeness (QED) is 0.313. The Kier molecular flexibility index (Phi) is 3.81. The lowest BCUT2D eigenvalue weighted by Crippen LogP contribution is -2.49. The van der Waals surface area contributed by atoms with Gasteiger partial charge in [0, 0.05) is 6.92 Å². The molecule has 86 valence electrons. The third-order valence-corrected chi connectivity index (χ3v) is 2.23. The van der Waals surface area contributed by atoms with Gasteiger partial charge in [-0.3, -0.25) is 4.79 Å². The van der Waals surface area contributed by atoms with Crippen molar-refractivity contribution in [3.63, 3.8) is 0 Å². The molecule has 1 aliphatic rings. The highest BCUT2D eigenvalue weighted by atomic mass is 16.5. The molecule has 0 aromatic carbocycles. The van der Waals surface area contributed by atoms with Gasteiger partial charge in [-0.15, -0.1) is 0 Å². The van der Waals surface area contributed by atoms with E-state index in [1.165, 1.54) is 13.0 Å². The van der Waals surface area contributed by atoms with Crippen LogP contribution in [0.15, 0.2) is 11.6 Å². The van der Waals surface area contributed by atoms with Gasteiger partial charge in [-0.2, -0.15) is 0 Å². The van der Waals surface area contributed by atoms with Crippen molar-refractivity contribution in [3.05, 3.63) is 11.6 Å². The minimum Gasteiger partial charge on any atom is -0.461 e. The van der Waals surface area contributed by atoms with Crippen LogP contribution < -0.4 is 0 Å². The minimum atomic E-state index is -1.48. The number of ether oxygens (including phenoxy) is 1. The average molecular weight is 218 g/mol. The van der Waals surface area contributed by atoms with Crippen molar-refractivity contribution in [3.8, 4) is 0 Å². The van der Waals surface area contributed by atoms with Crippen molar-refractivity contribution >= 4 is 5.97 Å². The first-order valence-corrected chi connectivity index (χ1v) is 4.49. The maximum absolute atomic E-state index is 10.5. The van der Waals surface area contributed by atoms with E-state index < -0.39 is 30.4 Å². The molecule has 0 spiro atoms. The van der Waals surface area contributed by atoms with Crippen LogP contribution in [0.25, 0.3) is 0 Å². The van der Waals surface area contributed by atoms with Gasteiger partial charge in [-0.25, -0.2) is 0 Å². The number of rotatable bonds is 2. The highest BCUT2D eigenvalue weighted by Crippen LogP contribution is 2.20. The summed E-state index contributed by atoms with van der Waals surface area (Å²) in [4.78, 5) is 10.5. The molecule has 6 heteroatoms. The molecule has 0 fully saturated rings. The molecule has 0 bridgehead atoms. The van der Waals surface area contributed by atoms with Gasteiger partial charge >= 0.3 is 5.97 Å². The summed E-state index contributed by atoms with van der Waals surface area (Å²) in [5, 5.41) is 37.2. The Balaban J connectivity index is 2.70. The summed E-state index contributed by atoms with van der Waals surface area (Å²) < 4.78 is 4.61. The molecule has 0 aromatic rings. The molecule has 1 aliphatic carbocycles.